The van der Waals surface area contributed by atoms with Gasteiger partial charge in [-0.1, -0.05) is 187 Å². The largest absolute Gasteiger partial charge is 0.385 e. The Labute approximate surface area is 868 Å². The maximum atomic E-state index is 15.1. The predicted octanol–water partition coefficient (Wildman–Crippen LogP) is 19.8. The minimum absolute atomic E-state index is 0.00398. The number of nitrogens with zero attached hydrogens (tertiary/aromatic N) is 4. The molecular formula is C109H179Cl4F3N12O14. The van der Waals surface area contributed by atoms with E-state index in [4.69, 9.17) is 86.3 Å². The normalized spacial score (nSPS) is 20.7. The maximum absolute atomic E-state index is 15.1. The predicted molar refractivity (Wildman–Crippen MR) is 564 cm³/mol. The molecule has 33 heteroatoms. The number of aliphatic hydroxyl groups is 4. The molecule has 4 heterocycles. The molecule has 142 heavy (non-hydrogen) atoms. The maximum Gasteiger partial charge on any atom is 0.317 e. The Balaban J connectivity index is 0.000000257. The first-order valence-corrected chi connectivity index (χ1v) is 54.3. The number of halogens is 7. The fourth-order valence-electron chi connectivity index (χ4n) is 22.5. The monoisotopic (exact) mass is 2080 g/mol. The molecule has 26 nitrogen and oxygen atoms in total. The molecule has 0 spiro atoms. The molecule has 6 aliphatic rings. The molecule has 0 unspecified atom stereocenters. The van der Waals surface area contributed by atoms with Gasteiger partial charge in [0.15, 0.2) is 0 Å². The minimum Gasteiger partial charge on any atom is -0.385 e. The molecule has 0 aromatic heterocycles. The number of hydrogen-bond acceptors (Lipinski definition) is 18. The van der Waals surface area contributed by atoms with E-state index in [1.165, 1.54) is 82.4 Å². The average Bonchev–Trinajstić information content (AvgIpc) is 0.849. The van der Waals surface area contributed by atoms with Crippen LogP contribution in [-0.4, -0.2) is 263 Å². The van der Waals surface area contributed by atoms with Crippen molar-refractivity contribution in [3.8, 4) is 0 Å². The third-order valence-corrected chi connectivity index (χ3v) is 31.6. The molecule has 6 fully saturated rings. The van der Waals surface area contributed by atoms with Crippen molar-refractivity contribution in [2.45, 2.75) is 306 Å². The van der Waals surface area contributed by atoms with Gasteiger partial charge in [-0.2, -0.15) is 0 Å². The molecular weight excluding hydrogens is 1900 g/mol. The highest BCUT2D eigenvalue weighted by molar-refractivity contribution is 6.31. The van der Waals surface area contributed by atoms with Crippen molar-refractivity contribution in [1.29, 1.82) is 0 Å². The number of methoxy groups -OCH3 is 6. The van der Waals surface area contributed by atoms with Crippen LogP contribution in [-0.2, 0) is 50.8 Å². The molecule has 4 aromatic carbocycles. The first-order chi connectivity index (χ1) is 67.9. The van der Waals surface area contributed by atoms with Crippen LogP contribution < -0.4 is 43.4 Å². The van der Waals surface area contributed by atoms with Crippen LogP contribution in [0.3, 0.4) is 0 Å². The number of hydrogen-bond donors (Lipinski definition) is 12. The Kier molecular flexibility index (Phi) is 55.0. The van der Waals surface area contributed by atoms with Crippen LogP contribution in [0.15, 0.2) is 78.9 Å². The fourth-order valence-corrected chi connectivity index (χ4v) is 23.2. The van der Waals surface area contributed by atoms with E-state index >= 15 is 13.2 Å². The van der Waals surface area contributed by atoms with Gasteiger partial charge < -0.3 is 112 Å². The molecule has 0 radical (unpaired) electrons. The van der Waals surface area contributed by atoms with Crippen LogP contribution in [0.1, 0.15) is 275 Å². The van der Waals surface area contributed by atoms with Gasteiger partial charge in [-0.25, -0.2) is 32.3 Å². The fraction of sp³-hybridized carbons (Fsp3) is 0.743. The van der Waals surface area contributed by atoms with Gasteiger partial charge in [-0.3, -0.25) is 0 Å². The summed E-state index contributed by atoms with van der Waals surface area (Å²) in [4.78, 5) is 59.9. The zero-order chi connectivity index (χ0) is 104. The van der Waals surface area contributed by atoms with Crippen LogP contribution in [0.2, 0.25) is 20.1 Å². The summed E-state index contributed by atoms with van der Waals surface area (Å²) in [7, 11) is 13.9. The molecule has 13 atom stereocenters. The summed E-state index contributed by atoms with van der Waals surface area (Å²) in [6.07, 6.45) is 30.2. The SMILES string of the molecule is CN[C@H](C)[C@H](CC1CCCCC1)NC(=O)N1CCC[C@@H]([C@@](O)(CCCCOC)c2cccc(Cl)c2)C1.CN[C@H](CNC(=O)N1CCC[C@@H]([C@@](O)(CCCCOC)c2cccc(Cl)c2F)C1)CC1CCCCC1.COCCCC[C@@](O)(c1cccc(Cl)c1F)[C@@H]1CCCN(C(=O)NC[C@@H](N)CC(C)(C)COC)C1.COCCCC[C@@](O)(c1cccc(Cl)c1F)[C@@H]1CCCN(C(=O)N[C@H](CN)CC(C)(C)COC)C1. The zero-order valence-electron chi connectivity index (χ0n) is 87.9. The summed E-state index contributed by atoms with van der Waals surface area (Å²) in [5, 5.41) is 67.6. The van der Waals surface area contributed by atoms with E-state index in [1.807, 2.05) is 43.3 Å². The summed E-state index contributed by atoms with van der Waals surface area (Å²) in [5.41, 5.74) is 8.12. The van der Waals surface area contributed by atoms with E-state index in [1.54, 1.807) is 93.8 Å². The van der Waals surface area contributed by atoms with Gasteiger partial charge in [-0.15, -0.1) is 0 Å². The molecule has 808 valence electrons. The summed E-state index contributed by atoms with van der Waals surface area (Å²) < 4.78 is 76.4. The standard InChI is InChI=1S/C29H48ClN3O3.C28H45ClFN3O3.2C26H43ClFN3O4/c1-22(31-2)27(19-23-11-5-4-6-12-23)32-28(34)33-17-10-14-25(21-33)29(35,16-7-8-18-36-3)24-13-9-15-26(30)20-24;1-31-23(18-21-10-4-3-5-11-21)19-32-27(34)33-16-9-12-22(20-33)28(35,15-6-7-17-36-2)24-13-8-14-25(29)26(24)30;1-25(2,18-35-4)15-20(29)16-30-24(32)31-13-8-9-19(17-31)26(33,12-5-6-14-34-3)21-10-7-11-22(27)23(21)28;1-25(2,18-35-4)15-20(16-29)30-24(32)31-13-8-9-19(17-31)26(33,12-5-6-14-34-3)21-10-7-11-22(27)23(21)28/h9,13,15,20,22-23,25,27,31,35H,4-8,10-12,14,16-19,21H2,1-3H3,(H,32,34);8,13-14,21-23,31,35H,3-7,9-12,15-20H2,1-2H3,(H,32,34);2*7,10-11,19-20,33H,5-6,8-9,12-18,29H2,1-4H3,(H,30,32)/t22-,25-,27+,29-;22-,23+,28+;2*19-,20+,26+/m1111/s1. The molecule has 4 saturated heterocycles. The molecule has 4 aromatic rings. The Morgan fingerprint density at radius 2 is 0.782 bits per heavy atom. The van der Waals surface area contributed by atoms with Crippen molar-refractivity contribution in [2.75, 3.05) is 168 Å². The van der Waals surface area contributed by atoms with Crippen LogP contribution in [0, 0.1) is 63.8 Å². The molecule has 0 bridgehead atoms. The van der Waals surface area contributed by atoms with Crippen molar-refractivity contribution in [1.82, 2.24) is 51.5 Å². The lowest BCUT2D eigenvalue weighted by atomic mass is 9.74. The quantitative estimate of drug-likeness (QED) is 0.0183. The second-order valence-electron chi connectivity index (χ2n) is 42.7. The number of likely N-dealkylation sites (tertiary alicyclic amines) is 4. The van der Waals surface area contributed by atoms with E-state index in [2.05, 4.69) is 66.5 Å². The number of likely N-dealkylation sites (N-methyl/N-ethyl adjacent to an activating group) is 2. The smallest absolute Gasteiger partial charge is 0.317 e. The highest BCUT2D eigenvalue weighted by atomic mass is 35.5. The van der Waals surface area contributed by atoms with Crippen LogP contribution in [0.5, 0.6) is 0 Å². The van der Waals surface area contributed by atoms with Crippen molar-refractivity contribution >= 4 is 70.5 Å². The number of piperidine rings is 4. The van der Waals surface area contributed by atoms with Gasteiger partial charge in [0, 0.05) is 217 Å². The molecule has 10 rings (SSSR count). The van der Waals surface area contributed by atoms with Crippen molar-refractivity contribution < 1.29 is 81.2 Å². The Morgan fingerprint density at radius 3 is 1.15 bits per heavy atom. The number of nitrogens with one attached hydrogen (secondary N) is 6. The van der Waals surface area contributed by atoms with Crippen LogP contribution in [0.4, 0.5) is 32.3 Å². The van der Waals surface area contributed by atoms with Crippen molar-refractivity contribution in [3.63, 3.8) is 0 Å². The number of urea groups is 4. The lowest BCUT2D eigenvalue weighted by Gasteiger charge is -2.43. The number of ether oxygens (including phenoxy) is 6. The number of carbonyl (C=O) groups excluding carboxylic acids is 4. The van der Waals surface area contributed by atoms with Crippen LogP contribution in [0.25, 0.3) is 0 Å². The lowest BCUT2D eigenvalue weighted by Crippen LogP contribution is -2.55. The highest BCUT2D eigenvalue weighted by Crippen LogP contribution is 2.48. The van der Waals surface area contributed by atoms with Crippen molar-refractivity contribution in [3.05, 3.63) is 139 Å². The zero-order valence-corrected chi connectivity index (χ0v) is 90.9. The average molecular weight is 2080 g/mol. The van der Waals surface area contributed by atoms with E-state index in [0.29, 0.717) is 200 Å². The van der Waals surface area contributed by atoms with Gasteiger partial charge in [0.2, 0.25) is 0 Å². The second-order valence-corrected chi connectivity index (χ2v) is 44.3. The van der Waals surface area contributed by atoms with Crippen molar-refractivity contribution in [2.24, 2.45) is 57.8 Å². The number of benzene rings is 4. The number of rotatable bonds is 50. The number of amides is 8. The minimum atomic E-state index is -1.45. The van der Waals surface area contributed by atoms with E-state index in [0.717, 1.165) is 88.7 Å². The molecule has 2 saturated carbocycles. The molecule has 14 N–H and O–H groups in total. The summed E-state index contributed by atoms with van der Waals surface area (Å²) in [6.45, 7) is 19.3. The molecule has 2 aliphatic carbocycles. The first kappa shape index (κ1) is 123. The first-order valence-electron chi connectivity index (χ1n) is 52.8. The second kappa shape index (κ2) is 63.4. The van der Waals surface area contributed by atoms with Gasteiger partial charge in [0.05, 0.1) is 50.7 Å². The van der Waals surface area contributed by atoms with E-state index in [-0.39, 0.29) is 121 Å². The number of unbranched alkanes of at least 4 members (excludes halogenated alkanes) is 4. The van der Waals surface area contributed by atoms with E-state index < -0.39 is 39.9 Å². The molecule has 8 amide bonds. The van der Waals surface area contributed by atoms with Crippen LogP contribution >= 0.6 is 46.4 Å². The van der Waals surface area contributed by atoms with E-state index in [9.17, 15) is 39.6 Å². The summed E-state index contributed by atoms with van der Waals surface area (Å²) in [5.74, 6) is -1.35. The Morgan fingerprint density at radius 1 is 0.430 bits per heavy atom. The Hall–Kier alpha value is -5.65. The Bertz CT molecular complexity index is 4310. The number of carbonyl (C=O) groups is 4. The highest BCUT2D eigenvalue weighted by Gasteiger charge is 2.48. The third-order valence-electron chi connectivity index (χ3n) is 30.5. The summed E-state index contributed by atoms with van der Waals surface area (Å²) in [6, 6.07) is 21.4. The third kappa shape index (κ3) is 38.7. The van der Waals surface area contributed by atoms with Gasteiger partial charge >= 0.3 is 24.1 Å². The molecule has 4 aliphatic heterocycles. The summed E-state index contributed by atoms with van der Waals surface area (Å²) >= 11 is 24.5. The topological polar surface area (TPSA) is 342 Å². The van der Waals surface area contributed by atoms with Gasteiger partial charge in [-0.05, 0) is 234 Å². The van der Waals surface area contributed by atoms with Gasteiger partial charge in [0.1, 0.15) is 17.5 Å². The number of nitrogens with two attached hydrogens (primary N) is 2. The lowest BCUT2D eigenvalue weighted by molar-refractivity contribution is -0.0591. The van der Waals surface area contributed by atoms with Gasteiger partial charge in [0.25, 0.3) is 0 Å².